The van der Waals surface area contributed by atoms with Crippen molar-refractivity contribution in [3.63, 3.8) is 0 Å². The standard InChI is InChI=1S/C17H19Cl2N5O/c18-12-3-1-11(2-4-12)9-10-20-17(25)15-16(23-24-22-15)21-14-7-5-13(19)6-8-14/h1-8,15-16,21-24H,9-10H2,(H,20,25). The Balaban J connectivity index is 1.50. The summed E-state index contributed by atoms with van der Waals surface area (Å²) in [5.74, 6) is -0.0991. The lowest BCUT2D eigenvalue weighted by atomic mass is 10.1. The lowest BCUT2D eigenvalue weighted by Gasteiger charge is -2.20. The van der Waals surface area contributed by atoms with E-state index in [0.29, 0.717) is 16.6 Å². The molecule has 0 aliphatic carbocycles. The smallest absolute Gasteiger partial charge is 0.242 e. The van der Waals surface area contributed by atoms with Gasteiger partial charge in [0.15, 0.2) is 0 Å². The molecule has 2 unspecified atom stereocenters. The molecule has 1 heterocycles. The van der Waals surface area contributed by atoms with Crippen molar-refractivity contribution in [1.29, 1.82) is 0 Å². The zero-order valence-electron chi connectivity index (χ0n) is 13.4. The van der Waals surface area contributed by atoms with Gasteiger partial charge in [-0.15, -0.1) is 0 Å². The van der Waals surface area contributed by atoms with Crippen molar-refractivity contribution >= 4 is 34.8 Å². The summed E-state index contributed by atoms with van der Waals surface area (Å²) in [5, 5.41) is 7.55. The second-order valence-electron chi connectivity index (χ2n) is 5.69. The number of hydrogen-bond donors (Lipinski definition) is 5. The van der Waals surface area contributed by atoms with Crippen LogP contribution >= 0.6 is 23.2 Å². The summed E-state index contributed by atoms with van der Waals surface area (Å²) >= 11 is 11.8. The number of benzene rings is 2. The number of amides is 1. The highest BCUT2D eigenvalue weighted by Crippen LogP contribution is 2.15. The van der Waals surface area contributed by atoms with Crippen LogP contribution in [0.3, 0.4) is 0 Å². The largest absolute Gasteiger partial charge is 0.367 e. The predicted octanol–water partition coefficient (Wildman–Crippen LogP) is 2.07. The molecule has 5 N–H and O–H groups in total. The van der Waals surface area contributed by atoms with E-state index in [1.165, 1.54) is 0 Å². The second kappa shape index (κ2) is 8.51. The molecule has 6 nitrogen and oxygen atoms in total. The van der Waals surface area contributed by atoms with Gasteiger partial charge >= 0.3 is 0 Å². The van der Waals surface area contributed by atoms with Crippen LogP contribution in [0.1, 0.15) is 5.56 Å². The van der Waals surface area contributed by atoms with Gasteiger partial charge in [-0.2, -0.15) is 5.53 Å². The predicted molar refractivity (Wildman–Crippen MR) is 100 cm³/mol. The normalized spacial score (nSPS) is 19.6. The average molecular weight is 380 g/mol. The monoisotopic (exact) mass is 379 g/mol. The number of carbonyl (C=O) groups is 1. The molecule has 0 aromatic heterocycles. The van der Waals surface area contributed by atoms with E-state index in [1.807, 2.05) is 36.4 Å². The van der Waals surface area contributed by atoms with E-state index < -0.39 is 6.04 Å². The van der Waals surface area contributed by atoms with E-state index in [-0.39, 0.29) is 12.1 Å². The summed E-state index contributed by atoms with van der Waals surface area (Å²) in [7, 11) is 0. The number of hydrazine groups is 2. The molecule has 0 saturated carbocycles. The van der Waals surface area contributed by atoms with Gasteiger partial charge in [0.05, 0.1) is 0 Å². The first-order valence-corrected chi connectivity index (χ1v) is 8.68. The minimum Gasteiger partial charge on any atom is -0.367 e. The fourth-order valence-corrected chi connectivity index (χ4v) is 2.77. The maximum absolute atomic E-state index is 12.4. The molecule has 0 spiro atoms. The molecule has 132 valence electrons. The molecule has 3 rings (SSSR count). The number of rotatable bonds is 6. The highest BCUT2D eigenvalue weighted by Gasteiger charge is 2.32. The number of anilines is 1. The third-order valence-corrected chi connectivity index (χ3v) is 4.37. The van der Waals surface area contributed by atoms with E-state index in [4.69, 9.17) is 23.2 Å². The van der Waals surface area contributed by atoms with Gasteiger partial charge in [0.1, 0.15) is 12.2 Å². The first kappa shape index (κ1) is 18.0. The Hall–Kier alpha value is -1.83. The zero-order valence-corrected chi connectivity index (χ0v) is 14.9. The first-order valence-electron chi connectivity index (χ1n) is 7.92. The first-order chi connectivity index (χ1) is 12.1. The molecule has 0 bridgehead atoms. The van der Waals surface area contributed by atoms with Crippen LogP contribution in [0.25, 0.3) is 0 Å². The highest BCUT2D eigenvalue weighted by molar-refractivity contribution is 6.30. The van der Waals surface area contributed by atoms with Crippen LogP contribution in [0.2, 0.25) is 10.0 Å². The molecule has 1 fully saturated rings. The summed E-state index contributed by atoms with van der Waals surface area (Å²) in [6, 6.07) is 14.4. The average Bonchev–Trinajstić information content (AvgIpc) is 3.07. The number of nitrogens with one attached hydrogen (secondary N) is 5. The second-order valence-corrected chi connectivity index (χ2v) is 6.56. The molecule has 1 amide bonds. The molecule has 2 aromatic rings. The van der Waals surface area contributed by atoms with E-state index >= 15 is 0 Å². The van der Waals surface area contributed by atoms with E-state index in [2.05, 4.69) is 27.0 Å². The van der Waals surface area contributed by atoms with Gasteiger partial charge in [-0.25, -0.2) is 10.9 Å². The molecule has 1 saturated heterocycles. The third kappa shape index (κ3) is 5.07. The van der Waals surface area contributed by atoms with Crippen molar-refractivity contribution in [3.05, 3.63) is 64.1 Å². The highest BCUT2D eigenvalue weighted by atomic mass is 35.5. The van der Waals surface area contributed by atoms with Crippen LogP contribution in [0, 0.1) is 0 Å². The summed E-state index contributed by atoms with van der Waals surface area (Å²) in [5.41, 5.74) is 10.7. The Morgan fingerprint density at radius 2 is 1.60 bits per heavy atom. The topological polar surface area (TPSA) is 77.2 Å². The van der Waals surface area contributed by atoms with Gasteiger partial charge < -0.3 is 10.6 Å². The lowest BCUT2D eigenvalue weighted by molar-refractivity contribution is -0.123. The maximum atomic E-state index is 12.4. The van der Waals surface area contributed by atoms with Crippen LogP contribution in [-0.4, -0.2) is 24.7 Å². The maximum Gasteiger partial charge on any atom is 0.242 e. The SMILES string of the molecule is O=C(NCCc1ccc(Cl)cc1)C1NNNC1Nc1ccc(Cl)cc1. The van der Waals surface area contributed by atoms with Crippen molar-refractivity contribution in [2.75, 3.05) is 11.9 Å². The lowest BCUT2D eigenvalue weighted by Crippen LogP contribution is -2.50. The fourth-order valence-electron chi connectivity index (χ4n) is 2.52. The van der Waals surface area contributed by atoms with Crippen LogP contribution < -0.4 is 27.0 Å². The molecular formula is C17H19Cl2N5O. The number of carbonyl (C=O) groups excluding carboxylic acids is 1. The number of halogens is 2. The summed E-state index contributed by atoms with van der Waals surface area (Å²) in [6.45, 7) is 0.548. The Morgan fingerprint density at radius 1 is 0.960 bits per heavy atom. The quantitative estimate of drug-likeness (QED) is 0.531. The summed E-state index contributed by atoms with van der Waals surface area (Å²) in [4.78, 5) is 12.4. The molecule has 2 aromatic carbocycles. The van der Waals surface area contributed by atoms with Crippen LogP contribution in [0.15, 0.2) is 48.5 Å². The Kier molecular flexibility index (Phi) is 6.12. The minimum absolute atomic E-state index is 0.0991. The Morgan fingerprint density at radius 3 is 2.28 bits per heavy atom. The summed E-state index contributed by atoms with van der Waals surface area (Å²) in [6.07, 6.45) is 0.447. The number of hydrogen-bond acceptors (Lipinski definition) is 5. The van der Waals surface area contributed by atoms with Crippen molar-refractivity contribution in [3.8, 4) is 0 Å². The van der Waals surface area contributed by atoms with Gasteiger partial charge in [-0.05, 0) is 48.4 Å². The Bertz CT molecular complexity index is 708. The zero-order chi connectivity index (χ0) is 17.6. The van der Waals surface area contributed by atoms with Gasteiger partial charge in [0.25, 0.3) is 0 Å². The Labute approximate surface area is 156 Å². The van der Waals surface area contributed by atoms with Gasteiger partial charge in [-0.3, -0.25) is 4.79 Å². The molecule has 0 radical (unpaired) electrons. The van der Waals surface area contributed by atoms with Crippen molar-refractivity contribution in [2.45, 2.75) is 18.6 Å². The molecule has 2 atom stereocenters. The van der Waals surface area contributed by atoms with Crippen molar-refractivity contribution in [1.82, 2.24) is 21.7 Å². The minimum atomic E-state index is -0.458. The van der Waals surface area contributed by atoms with Crippen LogP contribution in [-0.2, 0) is 11.2 Å². The van der Waals surface area contributed by atoms with E-state index in [1.54, 1.807) is 12.1 Å². The molecule has 1 aliphatic rings. The fraction of sp³-hybridized carbons (Fsp3) is 0.235. The van der Waals surface area contributed by atoms with Gasteiger partial charge in [-0.1, -0.05) is 35.3 Å². The third-order valence-electron chi connectivity index (χ3n) is 3.86. The van der Waals surface area contributed by atoms with Gasteiger partial charge in [0.2, 0.25) is 5.91 Å². The van der Waals surface area contributed by atoms with Gasteiger partial charge in [0, 0.05) is 22.3 Å². The van der Waals surface area contributed by atoms with Crippen LogP contribution in [0.5, 0.6) is 0 Å². The molecule has 25 heavy (non-hydrogen) atoms. The molecule has 1 aliphatic heterocycles. The van der Waals surface area contributed by atoms with Crippen LogP contribution in [0.4, 0.5) is 5.69 Å². The molecular weight excluding hydrogens is 361 g/mol. The van der Waals surface area contributed by atoms with E-state index in [9.17, 15) is 4.79 Å². The van der Waals surface area contributed by atoms with Crippen molar-refractivity contribution < 1.29 is 4.79 Å². The van der Waals surface area contributed by atoms with Crippen molar-refractivity contribution in [2.24, 2.45) is 0 Å². The van der Waals surface area contributed by atoms with E-state index in [0.717, 1.165) is 17.7 Å². The summed E-state index contributed by atoms with van der Waals surface area (Å²) < 4.78 is 0. The molecule has 8 heteroatoms.